The SMILES string of the molecule is O=C(Nc1ncccn1)C1CCN(c2nc(-c3cccnc3)nc3scc(-c4ccccc4)c23)CC1. The van der Waals surface area contributed by atoms with Gasteiger partial charge in [-0.1, -0.05) is 30.3 Å². The van der Waals surface area contributed by atoms with Crippen molar-refractivity contribution < 1.29 is 4.79 Å². The molecule has 0 atom stereocenters. The monoisotopic (exact) mass is 493 g/mol. The molecule has 0 spiro atoms. The van der Waals surface area contributed by atoms with Crippen LogP contribution in [0.15, 0.2) is 78.7 Å². The maximum Gasteiger partial charge on any atom is 0.229 e. The molecular formula is C27H23N7OS. The number of pyridine rings is 1. The highest BCUT2D eigenvalue weighted by atomic mass is 32.1. The summed E-state index contributed by atoms with van der Waals surface area (Å²) in [7, 11) is 0. The van der Waals surface area contributed by atoms with Crippen LogP contribution >= 0.6 is 11.3 Å². The van der Waals surface area contributed by atoms with Crippen molar-refractivity contribution in [2.45, 2.75) is 12.8 Å². The van der Waals surface area contributed by atoms with Gasteiger partial charge in [-0.2, -0.15) is 0 Å². The highest BCUT2D eigenvalue weighted by molar-refractivity contribution is 7.17. The number of rotatable bonds is 5. The Bertz CT molecular complexity index is 1480. The van der Waals surface area contributed by atoms with E-state index in [2.05, 4.69) is 42.7 Å². The van der Waals surface area contributed by atoms with Crippen LogP contribution in [0.3, 0.4) is 0 Å². The zero-order valence-electron chi connectivity index (χ0n) is 19.4. The summed E-state index contributed by atoms with van der Waals surface area (Å²) < 4.78 is 0. The standard InChI is InChI=1S/C27H23N7OS/c35-25(33-27-29-12-5-13-30-27)19-9-14-34(15-10-19)24-22-21(18-6-2-1-3-7-18)17-36-26(22)32-23(31-24)20-8-4-11-28-16-20/h1-8,11-13,16-17,19H,9-10,14-15H2,(H,29,30,33,35). The van der Waals surface area contributed by atoms with E-state index < -0.39 is 0 Å². The van der Waals surface area contributed by atoms with Gasteiger partial charge in [0.2, 0.25) is 11.9 Å². The summed E-state index contributed by atoms with van der Waals surface area (Å²) in [6, 6.07) is 15.9. The number of hydrogen-bond acceptors (Lipinski definition) is 8. The van der Waals surface area contributed by atoms with E-state index in [0.29, 0.717) is 11.8 Å². The second-order valence-corrected chi connectivity index (χ2v) is 9.49. The molecule has 0 bridgehead atoms. The first-order valence-electron chi connectivity index (χ1n) is 11.8. The molecule has 1 amide bonds. The van der Waals surface area contributed by atoms with Gasteiger partial charge in [-0.3, -0.25) is 15.1 Å². The van der Waals surface area contributed by atoms with Gasteiger partial charge in [-0.15, -0.1) is 11.3 Å². The summed E-state index contributed by atoms with van der Waals surface area (Å²) in [4.78, 5) is 38.5. The molecule has 0 saturated carbocycles. The number of nitrogens with one attached hydrogen (secondary N) is 1. The van der Waals surface area contributed by atoms with Crippen molar-refractivity contribution in [3.8, 4) is 22.5 Å². The van der Waals surface area contributed by atoms with E-state index in [1.165, 1.54) is 0 Å². The normalized spacial score (nSPS) is 14.2. The molecule has 36 heavy (non-hydrogen) atoms. The minimum absolute atomic E-state index is 0.0368. The quantitative estimate of drug-likeness (QED) is 0.365. The molecule has 1 aromatic carbocycles. The fourth-order valence-corrected chi connectivity index (χ4v) is 5.48. The number of thiophene rings is 1. The zero-order chi connectivity index (χ0) is 24.3. The average Bonchev–Trinajstić information content (AvgIpc) is 3.38. The summed E-state index contributed by atoms with van der Waals surface area (Å²) >= 11 is 1.63. The topological polar surface area (TPSA) is 96.8 Å². The lowest BCUT2D eigenvalue weighted by molar-refractivity contribution is -0.120. The molecule has 0 aliphatic carbocycles. The Balaban J connectivity index is 1.33. The predicted molar refractivity (Wildman–Crippen MR) is 142 cm³/mol. The van der Waals surface area contributed by atoms with Crippen LogP contribution in [-0.4, -0.2) is 43.9 Å². The number of carbonyl (C=O) groups excluding carboxylic acids is 1. The zero-order valence-corrected chi connectivity index (χ0v) is 20.2. The van der Waals surface area contributed by atoms with Crippen LogP contribution in [0, 0.1) is 5.92 Å². The second kappa shape index (κ2) is 9.79. The lowest BCUT2D eigenvalue weighted by atomic mass is 9.95. The Kier molecular flexibility index (Phi) is 6.05. The lowest BCUT2D eigenvalue weighted by Gasteiger charge is -2.32. The van der Waals surface area contributed by atoms with Gasteiger partial charge in [0, 0.05) is 60.3 Å². The first-order valence-corrected chi connectivity index (χ1v) is 12.7. The smallest absolute Gasteiger partial charge is 0.229 e. The van der Waals surface area contributed by atoms with Crippen LogP contribution in [0.5, 0.6) is 0 Å². The van der Waals surface area contributed by atoms with E-state index in [-0.39, 0.29) is 11.8 Å². The molecule has 1 fully saturated rings. The second-order valence-electron chi connectivity index (χ2n) is 8.63. The van der Waals surface area contributed by atoms with Crippen molar-refractivity contribution in [3.63, 3.8) is 0 Å². The van der Waals surface area contributed by atoms with Crippen LogP contribution < -0.4 is 10.2 Å². The Labute approximate surface area is 212 Å². The van der Waals surface area contributed by atoms with Crippen LogP contribution in [-0.2, 0) is 4.79 Å². The largest absolute Gasteiger partial charge is 0.356 e. The maximum absolute atomic E-state index is 12.8. The fourth-order valence-electron chi connectivity index (χ4n) is 4.54. The average molecular weight is 494 g/mol. The molecular weight excluding hydrogens is 470 g/mol. The Hall–Kier alpha value is -4.24. The van der Waals surface area contributed by atoms with Crippen LogP contribution in [0.2, 0.25) is 0 Å². The van der Waals surface area contributed by atoms with Gasteiger partial charge in [-0.25, -0.2) is 19.9 Å². The van der Waals surface area contributed by atoms with E-state index in [4.69, 9.17) is 9.97 Å². The number of aromatic nitrogens is 5. The van der Waals surface area contributed by atoms with E-state index >= 15 is 0 Å². The number of nitrogens with zero attached hydrogens (tertiary/aromatic N) is 6. The fraction of sp³-hybridized carbons (Fsp3) is 0.185. The van der Waals surface area contributed by atoms with Crippen molar-refractivity contribution in [1.29, 1.82) is 0 Å². The van der Waals surface area contributed by atoms with Crippen molar-refractivity contribution in [3.05, 3.63) is 78.7 Å². The van der Waals surface area contributed by atoms with Crippen LogP contribution in [0.25, 0.3) is 32.7 Å². The summed E-state index contributed by atoms with van der Waals surface area (Å²) in [6.07, 6.45) is 8.22. The van der Waals surface area contributed by atoms with E-state index in [1.54, 1.807) is 42.2 Å². The van der Waals surface area contributed by atoms with E-state index in [9.17, 15) is 4.79 Å². The molecule has 1 aliphatic heterocycles. The van der Waals surface area contributed by atoms with Gasteiger partial charge >= 0.3 is 0 Å². The molecule has 5 aromatic rings. The predicted octanol–water partition coefficient (Wildman–Crippen LogP) is 5.07. The van der Waals surface area contributed by atoms with Crippen LogP contribution in [0.4, 0.5) is 11.8 Å². The molecule has 0 unspecified atom stereocenters. The number of anilines is 2. The highest BCUT2D eigenvalue weighted by Gasteiger charge is 2.28. The molecule has 1 saturated heterocycles. The molecule has 8 nitrogen and oxygen atoms in total. The third-order valence-electron chi connectivity index (χ3n) is 6.39. The number of hydrogen-bond donors (Lipinski definition) is 1. The summed E-state index contributed by atoms with van der Waals surface area (Å²) in [6.45, 7) is 1.44. The number of carbonyl (C=O) groups is 1. The molecule has 5 heterocycles. The Morgan fingerprint density at radius 1 is 0.917 bits per heavy atom. The highest BCUT2D eigenvalue weighted by Crippen LogP contribution is 2.40. The minimum Gasteiger partial charge on any atom is -0.356 e. The molecule has 1 aliphatic rings. The third kappa shape index (κ3) is 4.40. The molecule has 0 radical (unpaired) electrons. The minimum atomic E-state index is -0.101. The van der Waals surface area contributed by atoms with Gasteiger partial charge < -0.3 is 4.90 Å². The summed E-state index contributed by atoms with van der Waals surface area (Å²) in [5.41, 5.74) is 3.15. The number of piperidine rings is 1. The van der Waals surface area contributed by atoms with Gasteiger partial charge in [0.25, 0.3) is 0 Å². The third-order valence-corrected chi connectivity index (χ3v) is 7.26. The molecule has 1 N–H and O–H groups in total. The van der Waals surface area contributed by atoms with E-state index in [0.717, 1.165) is 58.7 Å². The molecule has 4 aromatic heterocycles. The summed E-state index contributed by atoms with van der Waals surface area (Å²) in [5, 5.41) is 6.06. The Morgan fingerprint density at radius 2 is 1.69 bits per heavy atom. The molecule has 9 heteroatoms. The van der Waals surface area contributed by atoms with E-state index in [1.807, 2.05) is 30.3 Å². The first-order chi connectivity index (χ1) is 17.8. The molecule has 178 valence electrons. The summed E-state index contributed by atoms with van der Waals surface area (Å²) in [5.74, 6) is 1.77. The number of fused-ring (bicyclic) bond motifs is 1. The van der Waals surface area contributed by atoms with Gasteiger partial charge in [0.05, 0.1) is 5.39 Å². The number of benzene rings is 1. The van der Waals surface area contributed by atoms with Crippen LogP contribution in [0.1, 0.15) is 12.8 Å². The maximum atomic E-state index is 12.8. The van der Waals surface area contributed by atoms with Crippen molar-refractivity contribution >= 4 is 39.2 Å². The molecule has 6 rings (SSSR count). The lowest BCUT2D eigenvalue weighted by Crippen LogP contribution is -2.39. The Morgan fingerprint density at radius 3 is 2.44 bits per heavy atom. The van der Waals surface area contributed by atoms with Crippen molar-refractivity contribution in [2.75, 3.05) is 23.3 Å². The van der Waals surface area contributed by atoms with Crippen molar-refractivity contribution in [2.24, 2.45) is 5.92 Å². The van der Waals surface area contributed by atoms with Gasteiger partial charge in [0.15, 0.2) is 5.82 Å². The van der Waals surface area contributed by atoms with Gasteiger partial charge in [-0.05, 0) is 36.6 Å². The van der Waals surface area contributed by atoms with Gasteiger partial charge in [0.1, 0.15) is 10.6 Å². The number of amides is 1. The first kappa shape index (κ1) is 22.2. The van der Waals surface area contributed by atoms with Crippen molar-refractivity contribution in [1.82, 2.24) is 24.9 Å².